The second kappa shape index (κ2) is 8.47. The number of benzene rings is 1. The molecule has 2 N–H and O–H groups in total. The Morgan fingerprint density at radius 1 is 1.28 bits per heavy atom. The molecule has 1 saturated heterocycles. The first-order valence-corrected chi connectivity index (χ1v) is 8.88. The zero-order valence-electron chi connectivity index (χ0n) is 15.1. The molecule has 1 fully saturated rings. The molecule has 3 rings (SSSR count). The van der Waals surface area contributed by atoms with Crippen LogP contribution < -0.4 is 4.74 Å². The third-order valence-corrected chi connectivity index (χ3v) is 4.95. The Morgan fingerprint density at radius 3 is 2.84 bits per heavy atom. The number of aromatic nitrogens is 2. The molecule has 0 spiro atoms. The van der Waals surface area contributed by atoms with E-state index in [1.54, 1.807) is 13.3 Å². The van der Waals surface area contributed by atoms with Gasteiger partial charge in [-0.25, -0.2) is 0 Å². The second-order valence-corrected chi connectivity index (χ2v) is 6.76. The largest absolute Gasteiger partial charge is 0.496 e. The monoisotopic (exact) mass is 344 g/mol. The molecule has 1 atom stereocenters. The van der Waals surface area contributed by atoms with Crippen LogP contribution in [0.15, 0.2) is 30.5 Å². The number of nitrogens with one attached hydrogen (secondary N) is 1. The molecule has 0 saturated carbocycles. The molecule has 0 radical (unpaired) electrons. The molecule has 6 heteroatoms. The standard InChI is InChI=1S/C19H28N4O2/c1-15-11-16(3-4-19(15)25-2)12-23-9-8-22(14-18(23)6-10-24)13-17-5-7-20-21-17/h3-5,7,11,18,24H,6,8-10,12-14H2,1-2H3,(H,20,21). The summed E-state index contributed by atoms with van der Waals surface area (Å²) in [4.78, 5) is 4.92. The fraction of sp³-hybridized carbons (Fsp3) is 0.526. The SMILES string of the molecule is COc1ccc(CN2CCN(Cc3ccn[nH]3)CC2CCO)cc1C. The molecule has 136 valence electrons. The van der Waals surface area contributed by atoms with E-state index >= 15 is 0 Å². The van der Waals surface area contributed by atoms with Crippen molar-refractivity contribution in [2.75, 3.05) is 33.4 Å². The number of H-pyrrole nitrogens is 1. The molecular formula is C19H28N4O2. The van der Waals surface area contributed by atoms with Crippen molar-refractivity contribution in [2.24, 2.45) is 0 Å². The lowest BCUT2D eigenvalue weighted by molar-refractivity contribution is 0.0494. The lowest BCUT2D eigenvalue weighted by atomic mass is 10.1. The number of aryl methyl sites for hydroxylation is 1. The maximum Gasteiger partial charge on any atom is 0.121 e. The number of hydrogen-bond donors (Lipinski definition) is 2. The van der Waals surface area contributed by atoms with Gasteiger partial charge in [-0.2, -0.15) is 5.10 Å². The van der Waals surface area contributed by atoms with Crippen molar-refractivity contribution >= 4 is 0 Å². The number of aliphatic hydroxyl groups excluding tert-OH is 1. The number of methoxy groups -OCH3 is 1. The predicted octanol–water partition coefficient (Wildman–Crippen LogP) is 1.80. The zero-order valence-corrected chi connectivity index (χ0v) is 15.1. The van der Waals surface area contributed by atoms with Gasteiger partial charge in [0.15, 0.2) is 0 Å². The summed E-state index contributed by atoms with van der Waals surface area (Å²) in [5, 5.41) is 16.5. The van der Waals surface area contributed by atoms with E-state index in [1.165, 1.54) is 5.56 Å². The van der Waals surface area contributed by atoms with Crippen LogP contribution in [0.25, 0.3) is 0 Å². The van der Waals surface area contributed by atoms with Crippen molar-refractivity contribution in [1.82, 2.24) is 20.0 Å². The number of nitrogens with zero attached hydrogens (tertiary/aromatic N) is 3. The highest BCUT2D eigenvalue weighted by Gasteiger charge is 2.26. The molecule has 1 unspecified atom stereocenters. The molecular weight excluding hydrogens is 316 g/mol. The van der Waals surface area contributed by atoms with Gasteiger partial charge < -0.3 is 9.84 Å². The van der Waals surface area contributed by atoms with Crippen molar-refractivity contribution in [2.45, 2.75) is 32.5 Å². The van der Waals surface area contributed by atoms with Gasteiger partial charge in [0, 0.05) is 57.3 Å². The minimum atomic E-state index is 0.223. The van der Waals surface area contributed by atoms with Crippen molar-refractivity contribution in [3.63, 3.8) is 0 Å². The van der Waals surface area contributed by atoms with Crippen LogP contribution >= 0.6 is 0 Å². The number of aromatic amines is 1. The van der Waals surface area contributed by atoms with E-state index in [1.807, 2.05) is 12.1 Å². The van der Waals surface area contributed by atoms with Gasteiger partial charge in [0.05, 0.1) is 7.11 Å². The van der Waals surface area contributed by atoms with Crippen LogP contribution in [0.4, 0.5) is 0 Å². The summed E-state index contributed by atoms with van der Waals surface area (Å²) >= 11 is 0. The summed E-state index contributed by atoms with van der Waals surface area (Å²) in [6.45, 7) is 7.09. The Morgan fingerprint density at radius 2 is 2.16 bits per heavy atom. The minimum absolute atomic E-state index is 0.223. The quantitative estimate of drug-likeness (QED) is 0.802. The third kappa shape index (κ3) is 4.60. The van der Waals surface area contributed by atoms with E-state index in [4.69, 9.17) is 4.74 Å². The second-order valence-electron chi connectivity index (χ2n) is 6.76. The molecule has 25 heavy (non-hydrogen) atoms. The third-order valence-electron chi connectivity index (χ3n) is 4.95. The van der Waals surface area contributed by atoms with E-state index in [-0.39, 0.29) is 6.61 Å². The van der Waals surface area contributed by atoms with Crippen LogP contribution in [0.1, 0.15) is 23.2 Å². The van der Waals surface area contributed by atoms with Crippen LogP contribution in [0.5, 0.6) is 5.75 Å². The van der Waals surface area contributed by atoms with E-state index in [0.717, 1.165) is 56.2 Å². The predicted molar refractivity (Wildman–Crippen MR) is 97.5 cm³/mol. The van der Waals surface area contributed by atoms with Gasteiger partial charge in [0.1, 0.15) is 5.75 Å². The van der Waals surface area contributed by atoms with Gasteiger partial charge in [-0.1, -0.05) is 12.1 Å². The fourth-order valence-corrected chi connectivity index (χ4v) is 3.62. The van der Waals surface area contributed by atoms with Gasteiger partial charge in [0.25, 0.3) is 0 Å². The van der Waals surface area contributed by atoms with Gasteiger partial charge >= 0.3 is 0 Å². The molecule has 0 amide bonds. The molecule has 1 aliphatic rings. The van der Waals surface area contributed by atoms with Crippen molar-refractivity contribution < 1.29 is 9.84 Å². The Labute approximate surface area is 149 Å². The highest BCUT2D eigenvalue weighted by molar-refractivity contribution is 5.36. The number of aliphatic hydroxyl groups is 1. The van der Waals surface area contributed by atoms with Crippen LogP contribution in [0.3, 0.4) is 0 Å². The first kappa shape index (κ1) is 17.9. The van der Waals surface area contributed by atoms with Crippen LogP contribution in [0, 0.1) is 6.92 Å². The highest BCUT2D eigenvalue weighted by Crippen LogP contribution is 2.22. The van der Waals surface area contributed by atoms with Crippen LogP contribution in [-0.4, -0.2) is 64.5 Å². The molecule has 1 aromatic heterocycles. The Hall–Kier alpha value is -1.89. The van der Waals surface area contributed by atoms with Gasteiger partial charge in [-0.15, -0.1) is 0 Å². The average Bonchev–Trinajstić information content (AvgIpc) is 3.11. The fourth-order valence-electron chi connectivity index (χ4n) is 3.62. The summed E-state index contributed by atoms with van der Waals surface area (Å²) < 4.78 is 5.35. The van der Waals surface area contributed by atoms with Crippen molar-refractivity contribution in [3.8, 4) is 5.75 Å². The molecule has 0 bridgehead atoms. The summed E-state index contributed by atoms with van der Waals surface area (Å²) in [5.74, 6) is 0.931. The maximum absolute atomic E-state index is 9.48. The number of ether oxygens (including phenoxy) is 1. The van der Waals surface area contributed by atoms with Gasteiger partial charge in [-0.3, -0.25) is 14.9 Å². The number of piperazine rings is 1. The smallest absolute Gasteiger partial charge is 0.121 e. The van der Waals surface area contributed by atoms with Gasteiger partial charge in [-0.05, 0) is 36.6 Å². The van der Waals surface area contributed by atoms with Crippen LogP contribution in [-0.2, 0) is 13.1 Å². The highest BCUT2D eigenvalue weighted by atomic mass is 16.5. The summed E-state index contributed by atoms with van der Waals surface area (Å²) in [5.41, 5.74) is 3.60. The Kier molecular flexibility index (Phi) is 6.07. The maximum atomic E-state index is 9.48. The first-order chi connectivity index (χ1) is 12.2. The Balaban J connectivity index is 1.63. The summed E-state index contributed by atoms with van der Waals surface area (Å²) in [6.07, 6.45) is 2.59. The van der Waals surface area contributed by atoms with Gasteiger partial charge in [0.2, 0.25) is 0 Å². The number of hydrogen-bond acceptors (Lipinski definition) is 5. The van der Waals surface area contributed by atoms with E-state index in [0.29, 0.717) is 6.04 Å². The zero-order chi connectivity index (χ0) is 17.6. The topological polar surface area (TPSA) is 64.6 Å². The normalized spacial score (nSPS) is 19.2. The molecule has 2 aromatic rings. The summed E-state index contributed by atoms with van der Waals surface area (Å²) in [7, 11) is 1.71. The van der Waals surface area contributed by atoms with E-state index in [9.17, 15) is 5.11 Å². The molecule has 1 aromatic carbocycles. The van der Waals surface area contributed by atoms with E-state index < -0.39 is 0 Å². The lowest BCUT2D eigenvalue weighted by Crippen LogP contribution is -2.52. The minimum Gasteiger partial charge on any atom is -0.496 e. The number of rotatable bonds is 7. The average molecular weight is 344 g/mol. The van der Waals surface area contributed by atoms with Crippen molar-refractivity contribution in [1.29, 1.82) is 0 Å². The lowest BCUT2D eigenvalue weighted by Gasteiger charge is -2.41. The van der Waals surface area contributed by atoms with Crippen LogP contribution in [0.2, 0.25) is 0 Å². The first-order valence-electron chi connectivity index (χ1n) is 8.88. The molecule has 1 aliphatic heterocycles. The molecule has 2 heterocycles. The molecule has 6 nitrogen and oxygen atoms in total. The summed E-state index contributed by atoms with van der Waals surface area (Å²) in [6, 6.07) is 8.77. The van der Waals surface area contributed by atoms with E-state index in [2.05, 4.69) is 39.1 Å². The Bertz CT molecular complexity index is 659. The molecule has 0 aliphatic carbocycles. The van der Waals surface area contributed by atoms with Crippen molar-refractivity contribution in [3.05, 3.63) is 47.3 Å².